The number of rotatable bonds is 8. The molecule has 0 bridgehead atoms. The first-order valence-corrected chi connectivity index (χ1v) is 8.10. The van der Waals surface area contributed by atoms with Crippen LogP contribution in [0.3, 0.4) is 0 Å². The fourth-order valence-electron chi connectivity index (χ4n) is 1.61. The number of hydrogen-bond donors (Lipinski definition) is 0. The maximum Gasteiger partial charge on any atom is 0.533 e. The molecule has 0 aromatic carbocycles. The minimum atomic E-state index is -1.08. The van der Waals surface area contributed by atoms with E-state index >= 15 is 0 Å². The molecule has 1 saturated heterocycles. The van der Waals surface area contributed by atoms with Crippen molar-refractivity contribution in [3.05, 3.63) is 0 Å². The molecule has 0 saturated carbocycles. The normalized spacial score (nSPS) is 14.3. The molecule has 0 aliphatic carbocycles. The number of carbonyl (C=O) groups is 3. The minimum Gasteiger partial charge on any atom is -0.433 e. The lowest BCUT2D eigenvalue weighted by Gasteiger charge is -2.24. The van der Waals surface area contributed by atoms with Gasteiger partial charge in [0.2, 0.25) is 0 Å². The summed E-state index contributed by atoms with van der Waals surface area (Å²) >= 11 is 0. The van der Waals surface area contributed by atoms with Gasteiger partial charge >= 0.3 is 6.16 Å². The number of hydrogen-bond acceptors (Lipinski definition) is 7. The zero-order chi connectivity index (χ0) is 18.6. The van der Waals surface area contributed by atoms with Crippen LogP contribution >= 0.6 is 0 Å². The highest BCUT2D eigenvalue weighted by atomic mass is 16.8. The van der Waals surface area contributed by atoms with Gasteiger partial charge in [-0.05, 0) is 13.8 Å². The van der Waals surface area contributed by atoms with Crippen LogP contribution in [0.4, 0.5) is 4.79 Å². The second-order valence-corrected chi connectivity index (χ2v) is 5.83. The number of nitrogens with zero attached hydrogens (tertiary/aromatic N) is 1. The van der Waals surface area contributed by atoms with Gasteiger partial charge in [0.05, 0.1) is 25.4 Å². The van der Waals surface area contributed by atoms with Crippen LogP contribution in [0.5, 0.6) is 0 Å². The van der Waals surface area contributed by atoms with Crippen LogP contribution in [0, 0.1) is 0 Å². The van der Waals surface area contributed by atoms with Gasteiger partial charge in [-0.3, -0.25) is 14.4 Å². The van der Waals surface area contributed by atoms with Crippen molar-refractivity contribution in [3.8, 4) is 0 Å². The molecule has 8 heteroatoms. The van der Waals surface area contributed by atoms with Gasteiger partial charge in [0.1, 0.15) is 0 Å². The zero-order valence-corrected chi connectivity index (χ0v) is 15.3. The van der Waals surface area contributed by atoms with Crippen molar-refractivity contribution >= 4 is 18.0 Å². The Morgan fingerprint density at radius 3 is 2.12 bits per heavy atom. The molecule has 1 aliphatic heterocycles. The number of hydroxylamine groups is 2. The quantitative estimate of drug-likeness (QED) is 0.378. The van der Waals surface area contributed by atoms with Crippen LogP contribution in [0.15, 0.2) is 0 Å². The van der Waals surface area contributed by atoms with Crippen molar-refractivity contribution in [3.63, 3.8) is 0 Å². The predicted octanol–water partition coefficient (Wildman–Crippen LogP) is 2.45. The van der Waals surface area contributed by atoms with E-state index in [-0.39, 0.29) is 19.4 Å². The molecule has 1 rings (SSSR count). The van der Waals surface area contributed by atoms with E-state index in [0.29, 0.717) is 24.7 Å². The Morgan fingerprint density at radius 1 is 1.08 bits per heavy atom. The highest BCUT2D eigenvalue weighted by Crippen LogP contribution is 2.15. The van der Waals surface area contributed by atoms with Gasteiger partial charge in [0.25, 0.3) is 11.8 Å². The van der Waals surface area contributed by atoms with Crippen molar-refractivity contribution in [2.45, 2.75) is 59.0 Å². The average Bonchev–Trinajstić information content (AvgIpc) is 2.80. The van der Waals surface area contributed by atoms with Crippen LogP contribution in [0.25, 0.3) is 0 Å². The summed E-state index contributed by atoms with van der Waals surface area (Å²) < 4.78 is 15.2. The summed E-state index contributed by atoms with van der Waals surface area (Å²) in [6.45, 7) is 8.92. The number of carbonyl (C=O) groups excluding carboxylic acids is 3. The molecule has 1 heterocycles. The third-order valence-electron chi connectivity index (χ3n) is 2.88. The molecule has 0 unspecified atom stereocenters. The molecule has 1 fully saturated rings. The van der Waals surface area contributed by atoms with Crippen LogP contribution < -0.4 is 0 Å². The third-order valence-corrected chi connectivity index (χ3v) is 2.88. The van der Waals surface area contributed by atoms with E-state index in [9.17, 15) is 14.4 Å². The van der Waals surface area contributed by atoms with Gasteiger partial charge in [-0.1, -0.05) is 25.3 Å². The molecule has 0 atom stereocenters. The predicted molar refractivity (Wildman–Crippen MR) is 86.0 cm³/mol. The van der Waals surface area contributed by atoms with Crippen LogP contribution in [-0.4, -0.2) is 55.6 Å². The van der Waals surface area contributed by atoms with Crippen molar-refractivity contribution in [2.75, 3.05) is 26.9 Å². The smallest absolute Gasteiger partial charge is 0.433 e. The summed E-state index contributed by atoms with van der Waals surface area (Å²) in [5, 5.41) is 0.447. The van der Waals surface area contributed by atoms with Crippen LogP contribution in [0.1, 0.15) is 53.4 Å². The SMILES string of the molecule is CCC.COCCOC(C)(C)CCOC(=O)ON1C(=O)CCC1=O. The number of methoxy groups -OCH3 is 1. The molecule has 24 heavy (non-hydrogen) atoms. The molecule has 8 nitrogen and oxygen atoms in total. The van der Waals surface area contributed by atoms with E-state index in [1.54, 1.807) is 7.11 Å². The van der Waals surface area contributed by atoms with Crippen molar-refractivity contribution in [2.24, 2.45) is 0 Å². The monoisotopic (exact) mass is 347 g/mol. The molecule has 2 amide bonds. The molecule has 0 spiro atoms. The Labute approximate surface area is 143 Å². The Bertz CT molecular complexity index is 393. The molecule has 0 radical (unpaired) electrons. The average molecular weight is 347 g/mol. The molecule has 140 valence electrons. The first kappa shape index (κ1) is 22.3. The molecular formula is C16H29NO7. The minimum absolute atomic E-state index is 0.0481. The van der Waals surface area contributed by atoms with Gasteiger partial charge in [-0.2, -0.15) is 0 Å². The maximum atomic E-state index is 11.4. The zero-order valence-electron chi connectivity index (χ0n) is 15.3. The maximum absolute atomic E-state index is 11.4. The summed E-state index contributed by atoms with van der Waals surface area (Å²) in [6.07, 6.45) is 0.707. The molecule has 0 aromatic heterocycles. The summed E-state index contributed by atoms with van der Waals surface area (Å²) in [5.41, 5.74) is -0.488. The standard InChI is InChI=1S/C13H21NO7.C3H8/c1-13(2,20-9-8-18-3)6-7-19-12(17)21-14-10(15)4-5-11(14)16;1-3-2/h4-9H2,1-3H3;3H2,1-2H3. The summed E-state index contributed by atoms with van der Waals surface area (Å²) in [7, 11) is 1.58. The van der Waals surface area contributed by atoms with Crippen LogP contribution in [0.2, 0.25) is 0 Å². The Balaban J connectivity index is 0.00000163. The van der Waals surface area contributed by atoms with Gasteiger partial charge in [0.15, 0.2) is 0 Å². The lowest BCUT2D eigenvalue weighted by Crippen LogP contribution is -2.33. The Kier molecular flexibility index (Phi) is 11.0. The fourth-order valence-corrected chi connectivity index (χ4v) is 1.61. The Morgan fingerprint density at radius 2 is 1.62 bits per heavy atom. The largest absolute Gasteiger partial charge is 0.533 e. The topological polar surface area (TPSA) is 91.4 Å². The Hall–Kier alpha value is -1.67. The van der Waals surface area contributed by atoms with E-state index in [1.807, 2.05) is 13.8 Å². The molecule has 0 N–H and O–H groups in total. The van der Waals surface area contributed by atoms with Crippen molar-refractivity contribution in [1.29, 1.82) is 0 Å². The summed E-state index contributed by atoms with van der Waals surface area (Å²) in [4.78, 5) is 38.4. The van der Waals surface area contributed by atoms with E-state index in [2.05, 4.69) is 18.7 Å². The molecule has 1 aliphatic rings. The molecular weight excluding hydrogens is 318 g/mol. The lowest BCUT2D eigenvalue weighted by atomic mass is 10.1. The van der Waals surface area contributed by atoms with Gasteiger partial charge in [-0.15, -0.1) is 0 Å². The molecule has 0 aromatic rings. The van der Waals surface area contributed by atoms with Gasteiger partial charge < -0.3 is 14.2 Å². The van der Waals surface area contributed by atoms with Gasteiger partial charge in [-0.25, -0.2) is 4.79 Å². The van der Waals surface area contributed by atoms with E-state index < -0.39 is 23.6 Å². The van der Waals surface area contributed by atoms with Crippen molar-refractivity contribution in [1.82, 2.24) is 5.06 Å². The van der Waals surface area contributed by atoms with E-state index in [1.165, 1.54) is 6.42 Å². The first-order valence-electron chi connectivity index (χ1n) is 8.10. The third kappa shape index (κ3) is 9.46. The van der Waals surface area contributed by atoms with Crippen molar-refractivity contribution < 1.29 is 33.4 Å². The second kappa shape index (κ2) is 11.8. The van der Waals surface area contributed by atoms with E-state index in [0.717, 1.165) is 0 Å². The fraction of sp³-hybridized carbons (Fsp3) is 0.812. The van der Waals surface area contributed by atoms with E-state index in [4.69, 9.17) is 14.2 Å². The number of imide groups is 1. The first-order chi connectivity index (χ1) is 11.3. The number of amides is 2. The highest BCUT2D eigenvalue weighted by Gasteiger charge is 2.33. The van der Waals surface area contributed by atoms with Crippen LogP contribution in [-0.2, 0) is 28.6 Å². The number of ether oxygens (including phenoxy) is 3. The lowest BCUT2D eigenvalue weighted by molar-refractivity contribution is -0.177. The summed E-state index contributed by atoms with van der Waals surface area (Å²) in [5.74, 6) is -1.08. The second-order valence-electron chi connectivity index (χ2n) is 5.83. The van der Waals surface area contributed by atoms with Gasteiger partial charge in [0, 0.05) is 26.4 Å². The highest BCUT2D eigenvalue weighted by molar-refractivity contribution is 6.01. The summed E-state index contributed by atoms with van der Waals surface area (Å²) in [6, 6.07) is 0.